The van der Waals surface area contributed by atoms with Gasteiger partial charge in [0.1, 0.15) is 0 Å². The van der Waals surface area contributed by atoms with E-state index in [1.165, 1.54) is 16.3 Å². The molecule has 0 spiro atoms. The van der Waals surface area contributed by atoms with E-state index >= 15 is 0 Å². The highest BCUT2D eigenvalue weighted by Crippen LogP contribution is 2.31. The summed E-state index contributed by atoms with van der Waals surface area (Å²) in [6.07, 6.45) is 0. The van der Waals surface area contributed by atoms with Crippen molar-refractivity contribution in [2.24, 2.45) is 0 Å². The molecule has 2 heterocycles. The Labute approximate surface area is 139 Å². The number of para-hydroxylation sites is 1. The lowest BCUT2D eigenvalue weighted by atomic mass is 10.1. The molecular formula is C21H15N3. The summed E-state index contributed by atoms with van der Waals surface area (Å²) in [4.78, 5) is 0. The normalized spacial score (nSPS) is 11.5. The summed E-state index contributed by atoms with van der Waals surface area (Å²) in [7, 11) is 0. The second-order valence-electron chi connectivity index (χ2n) is 6.11. The molecule has 0 amide bonds. The molecule has 0 fully saturated rings. The minimum absolute atomic E-state index is 0.885. The van der Waals surface area contributed by atoms with E-state index in [0.29, 0.717) is 0 Å². The van der Waals surface area contributed by atoms with Gasteiger partial charge in [-0.25, -0.2) is 0 Å². The van der Waals surface area contributed by atoms with E-state index in [4.69, 9.17) is 0 Å². The van der Waals surface area contributed by atoms with Gasteiger partial charge in [0, 0.05) is 16.3 Å². The summed E-state index contributed by atoms with van der Waals surface area (Å²) in [6, 6.07) is 25.2. The van der Waals surface area contributed by atoms with Crippen LogP contribution < -0.4 is 0 Å². The van der Waals surface area contributed by atoms with Crippen molar-refractivity contribution < 1.29 is 0 Å². The highest BCUT2D eigenvalue weighted by atomic mass is 15.2. The van der Waals surface area contributed by atoms with Crippen LogP contribution in [0.25, 0.3) is 38.7 Å². The van der Waals surface area contributed by atoms with Crippen LogP contribution in [0.5, 0.6) is 0 Å². The summed E-state index contributed by atoms with van der Waals surface area (Å²) in [5.41, 5.74) is 4.34. The van der Waals surface area contributed by atoms with Crippen LogP contribution in [0.15, 0.2) is 72.8 Å². The van der Waals surface area contributed by atoms with Crippen molar-refractivity contribution in [1.82, 2.24) is 14.6 Å². The third kappa shape index (κ3) is 1.78. The van der Waals surface area contributed by atoms with Crippen LogP contribution in [-0.4, -0.2) is 14.6 Å². The van der Waals surface area contributed by atoms with E-state index in [9.17, 15) is 0 Å². The molecule has 5 aromatic rings. The van der Waals surface area contributed by atoms with Crippen LogP contribution in [-0.2, 0) is 0 Å². The van der Waals surface area contributed by atoms with Gasteiger partial charge >= 0.3 is 0 Å². The first kappa shape index (κ1) is 13.3. The zero-order valence-corrected chi connectivity index (χ0v) is 13.3. The van der Waals surface area contributed by atoms with Crippen molar-refractivity contribution in [3.63, 3.8) is 0 Å². The van der Waals surface area contributed by atoms with Crippen molar-refractivity contribution in [1.29, 1.82) is 0 Å². The lowest BCUT2D eigenvalue weighted by molar-refractivity contribution is 1.12. The molecule has 3 aromatic carbocycles. The fourth-order valence-electron chi connectivity index (χ4n) is 3.47. The molecule has 0 aliphatic rings. The Morgan fingerprint density at radius 2 is 1.46 bits per heavy atom. The maximum atomic E-state index is 4.52. The molecular weight excluding hydrogens is 294 g/mol. The smallest absolute Gasteiger partial charge is 0.169 e. The van der Waals surface area contributed by atoms with Crippen LogP contribution >= 0.6 is 0 Å². The predicted octanol–water partition coefficient (Wildman–Crippen LogP) is 5.01. The summed E-state index contributed by atoms with van der Waals surface area (Å²) in [5, 5.41) is 12.6. The molecule has 0 aliphatic heterocycles. The van der Waals surface area contributed by atoms with Crippen molar-refractivity contribution in [3.05, 3.63) is 78.4 Å². The molecule has 5 rings (SSSR count). The Balaban J connectivity index is 2.02. The van der Waals surface area contributed by atoms with Gasteiger partial charge in [-0.3, -0.25) is 4.40 Å². The third-order valence-corrected chi connectivity index (χ3v) is 4.54. The van der Waals surface area contributed by atoms with Crippen LogP contribution in [0.1, 0.15) is 5.56 Å². The highest BCUT2D eigenvalue weighted by Gasteiger charge is 2.15. The van der Waals surface area contributed by atoms with E-state index in [2.05, 4.69) is 94.3 Å². The number of nitrogens with zero attached hydrogens (tertiary/aromatic N) is 3. The molecule has 0 N–H and O–H groups in total. The average molecular weight is 309 g/mol. The second kappa shape index (κ2) is 4.90. The highest BCUT2D eigenvalue weighted by molar-refractivity contribution is 6.12. The van der Waals surface area contributed by atoms with E-state index in [1.54, 1.807) is 0 Å². The number of hydrogen-bond donors (Lipinski definition) is 0. The van der Waals surface area contributed by atoms with Crippen molar-refractivity contribution in [2.75, 3.05) is 0 Å². The molecule has 114 valence electrons. The molecule has 3 nitrogen and oxygen atoms in total. The molecule has 0 unspecified atom stereocenters. The van der Waals surface area contributed by atoms with Gasteiger partial charge in [-0.1, -0.05) is 66.2 Å². The van der Waals surface area contributed by atoms with Crippen LogP contribution in [0.4, 0.5) is 0 Å². The standard InChI is InChI=1S/C21H15N3/c1-14-7-6-8-15(13-14)20-22-23-21-18-11-3-2-9-16(18)17-10-4-5-12-19(17)24(20)21/h2-13H,1H3. The second-order valence-corrected chi connectivity index (χ2v) is 6.11. The molecule has 2 aromatic heterocycles. The molecule has 0 saturated heterocycles. The maximum absolute atomic E-state index is 4.52. The van der Waals surface area contributed by atoms with Gasteiger partial charge in [0.2, 0.25) is 0 Å². The van der Waals surface area contributed by atoms with E-state index in [1.807, 2.05) is 0 Å². The van der Waals surface area contributed by atoms with Crippen LogP contribution in [0, 0.1) is 6.92 Å². The van der Waals surface area contributed by atoms with Gasteiger partial charge < -0.3 is 0 Å². The Morgan fingerprint density at radius 3 is 2.29 bits per heavy atom. The minimum Gasteiger partial charge on any atom is -0.274 e. The Bertz CT molecular complexity index is 1220. The minimum atomic E-state index is 0.885. The van der Waals surface area contributed by atoms with E-state index in [0.717, 1.165) is 27.9 Å². The number of benzene rings is 3. The van der Waals surface area contributed by atoms with E-state index in [-0.39, 0.29) is 0 Å². The van der Waals surface area contributed by atoms with Gasteiger partial charge in [0.25, 0.3) is 0 Å². The molecule has 0 aliphatic carbocycles. The average Bonchev–Trinajstić information content (AvgIpc) is 3.07. The van der Waals surface area contributed by atoms with Gasteiger partial charge in [0.05, 0.1) is 5.52 Å². The topological polar surface area (TPSA) is 30.2 Å². The molecule has 24 heavy (non-hydrogen) atoms. The summed E-state index contributed by atoms with van der Waals surface area (Å²) < 4.78 is 2.17. The first-order valence-corrected chi connectivity index (χ1v) is 8.04. The van der Waals surface area contributed by atoms with Gasteiger partial charge in [0.15, 0.2) is 11.5 Å². The fraction of sp³-hybridized carbons (Fsp3) is 0.0476. The zero-order chi connectivity index (χ0) is 16.1. The Morgan fingerprint density at radius 1 is 0.708 bits per heavy atom. The number of fused-ring (bicyclic) bond motifs is 6. The number of pyridine rings is 1. The lowest BCUT2D eigenvalue weighted by Crippen LogP contribution is -1.94. The number of aryl methyl sites for hydroxylation is 1. The first-order valence-electron chi connectivity index (χ1n) is 8.04. The van der Waals surface area contributed by atoms with Crippen molar-refractivity contribution >= 4 is 27.3 Å². The number of hydrogen-bond acceptors (Lipinski definition) is 2. The molecule has 0 bridgehead atoms. The Kier molecular flexibility index (Phi) is 2.71. The number of aromatic nitrogens is 3. The quantitative estimate of drug-likeness (QED) is 0.407. The SMILES string of the molecule is Cc1cccc(-c2nnc3c4ccccc4c4ccccc4n23)c1. The zero-order valence-electron chi connectivity index (χ0n) is 13.3. The fourth-order valence-corrected chi connectivity index (χ4v) is 3.47. The van der Waals surface area contributed by atoms with Crippen LogP contribution in [0.3, 0.4) is 0 Å². The van der Waals surface area contributed by atoms with E-state index < -0.39 is 0 Å². The first-order chi connectivity index (χ1) is 11.8. The molecule has 0 saturated carbocycles. The number of rotatable bonds is 1. The summed E-state index contributed by atoms with van der Waals surface area (Å²) >= 11 is 0. The third-order valence-electron chi connectivity index (χ3n) is 4.54. The molecule has 0 atom stereocenters. The predicted molar refractivity (Wildman–Crippen MR) is 98.2 cm³/mol. The van der Waals surface area contributed by atoms with Gasteiger partial charge in [-0.05, 0) is 24.4 Å². The summed E-state index contributed by atoms with van der Waals surface area (Å²) in [5.74, 6) is 0.885. The molecule has 3 heteroatoms. The maximum Gasteiger partial charge on any atom is 0.169 e. The molecule has 0 radical (unpaired) electrons. The van der Waals surface area contributed by atoms with Crippen molar-refractivity contribution in [3.8, 4) is 11.4 Å². The monoisotopic (exact) mass is 309 g/mol. The van der Waals surface area contributed by atoms with Crippen LogP contribution in [0.2, 0.25) is 0 Å². The lowest BCUT2D eigenvalue weighted by Gasteiger charge is -2.09. The van der Waals surface area contributed by atoms with Gasteiger partial charge in [-0.2, -0.15) is 0 Å². The Hall–Kier alpha value is -3.20. The summed E-state index contributed by atoms with van der Waals surface area (Å²) in [6.45, 7) is 2.10. The largest absolute Gasteiger partial charge is 0.274 e. The van der Waals surface area contributed by atoms with Crippen molar-refractivity contribution in [2.45, 2.75) is 6.92 Å². The van der Waals surface area contributed by atoms with Gasteiger partial charge in [-0.15, -0.1) is 10.2 Å².